The maximum Gasteiger partial charge on any atom is 0.236 e. The van der Waals surface area contributed by atoms with Crippen LogP contribution in [0.5, 0.6) is 0 Å². The van der Waals surface area contributed by atoms with Crippen LogP contribution in [-0.4, -0.2) is 18.5 Å². The van der Waals surface area contributed by atoms with Crippen LogP contribution in [0.25, 0.3) is 0 Å². The second-order valence-electron chi connectivity index (χ2n) is 4.37. The second kappa shape index (κ2) is 6.02. The van der Waals surface area contributed by atoms with E-state index in [-0.39, 0.29) is 11.9 Å². The quantitative estimate of drug-likeness (QED) is 0.656. The van der Waals surface area contributed by atoms with Crippen LogP contribution in [0.3, 0.4) is 0 Å². The Labute approximate surface area is 86.4 Å². The van der Waals surface area contributed by atoms with Crippen LogP contribution in [0.2, 0.25) is 0 Å². The Morgan fingerprint density at radius 3 is 2.71 bits per heavy atom. The van der Waals surface area contributed by atoms with Gasteiger partial charge in [0.05, 0.1) is 6.04 Å². The van der Waals surface area contributed by atoms with Gasteiger partial charge in [0.1, 0.15) is 0 Å². The number of hydrogen-bond acceptors (Lipinski definition) is 2. The molecule has 82 valence electrons. The summed E-state index contributed by atoms with van der Waals surface area (Å²) in [5.74, 6) is 0.888. The zero-order valence-corrected chi connectivity index (χ0v) is 9.09. The van der Waals surface area contributed by atoms with Crippen molar-refractivity contribution in [3.63, 3.8) is 0 Å². The third-order valence-electron chi connectivity index (χ3n) is 2.98. The average molecular weight is 198 g/mol. The Balaban J connectivity index is 1.96. The number of nitrogens with one attached hydrogen (secondary N) is 1. The first-order valence-corrected chi connectivity index (χ1v) is 5.73. The summed E-state index contributed by atoms with van der Waals surface area (Å²) < 4.78 is 0. The molecule has 1 saturated carbocycles. The van der Waals surface area contributed by atoms with Crippen molar-refractivity contribution >= 4 is 5.91 Å². The summed E-state index contributed by atoms with van der Waals surface area (Å²) in [5.41, 5.74) is 5.43. The molecule has 0 aliphatic heterocycles. The number of nitrogens with two attached hydrogens (primary N) is 1. The van der Waals surface area contributed by atoms with E-state index in [1.54, 1.807) is 6.92 Å². The lowest BCUT2D eigenvalue weighted by molar-refractivity contribution is -0.121. The fourth-order valence-corrected chi connectivity index (χ4v) is 2.06. The standard InChI is InChI=1S/C11H22N2O/c1-9(12)11(14)13-8-4-7-10-5-2-3-6-10/h9-10H,2-8,12H2,1H3,(H,13,14)/t9-/m0/s1. The predicted molar refractivity (Wildman–Crippen MR) is 57.9 cm³/mol. The van der Waals surface area contributed by atoms with Gasteiger partial charge in [-0.3, -0.25) is 4.79 Å². The van der Waals surface area contributed by atoms with Crippen molar-refractivity contribution in [3.8, 4) is 0 Å². The summed E-state index contributed by atoms with van der Waals surface area (Å²) in [6.45, 7) is 2.50. The highest BCUT2D eigenvalue weighted by Gasteiger charge is 2.14. The van der Waals surface area contributed by atoms with Gasteiger partial charge >= 0.3 is 0 Å². The fraction of sp³-hybridized carbons (Fsp3) is 0.909. The summed E-state index contributed by atoms with van der Waals surface area (Å²) >= 11 is 0. The normalized spacial score (nSPS) is 19.6. The third kappa shape index (κ3) is 4.09. The van der Waals surface area contributed by atoms with Crippen molar-refractivity contribution in [2.24, 2.45) is 11.7 Å². The van der Waals surface area contributed by atoms with Gasteiger partial charge in [-0.1, -0.05) is 25.7 Å². The third-order valence-corrected chi connectivity index (χ3v) is 2.98. The highest BCUT2D eigenvalue weighted by Crippen LogP contribution is 2.28. The minimum absolute atomic E-state index is 0.0311. The minimum Gasteiger partial charge on any atom is -0.355 e. The van der Waals surface area contributed by atoms with Gasteiger partial charge in [-0.15, -0.1) is 0 Å². The lowest BCUT2D eigenvalue weighted by atomic mass is 10.0. The average Bonchev–Trinajstić information content (AvgIpc) is 2.64. The van der Waals surface area contributed by atoms with E-state index in [2.05, 4.69) is 5.32 Å². The van der Waals surface area contributed by atoms with Gasteiger partial charge in [-0.2, -0.15) is 0 Å². The van der Waals surface area contributed by atoms with Crippen molar-refractivity contribution in [1.82, 2.24) is 5.32 Å². The first-order valence-electron chi connectivity index (χ1n) is 5.73. The van der Waals surface area contributed by atoms with Crippen molar-refractivity contribution in [3.05, 3.63) is 0 Å². The molecule has 14 heavy (non-hydrogen) atoms. The summed E-state index contributed by atoms with van der Waals surface area (Å²) in [4.78, 5) is 11.1. The molecule has 0 aromatic carbocycles. The summed E-state index contributed by atoms with van der Waals surface area (Å²) in [6.07, 6.45) is 7.94. The number of carbonyl (C=O) groups excluding carboxylic acids is 1. The van der Waals surface area contributed by atoms with Crippen molar-refractivity contribution < 1.29 is 4.79 Å². The highest BCUT2D eigenvalue weighted by atomic mass is 16.2. The van der Waals surface area contributed by atoms with Gasteiger partial charge < -0.3 is 11.1 Å². The molecule has 3 N–H and O–H groups in total. The van der Waals surface area contributed by atoms with Crippen LogP contribution in [0.4, 0.5) is 0 Å². The van der Waals surface area contributed by atoms with Gasteiger partial charge in [0.2, 0.25) is 5.91 Å². The molecule has 0 aromatic rings. The first-order chi connectivity index (χ1) is 6.70. The summed E-state index contributed by atoms with van der Waals surface area (Å²) in [6, 6.07) is -0.374. The molecule has 1 atom stereocenters. The molecule has 1 amide bonds. The molecule has 0 bridgehead atoms. The Hall–Kier alpha value is -0.570. The fourth-order valence-electron chi connectivity index (χ4n) is 2.06. The monoisotopic (exact) mass is 198 g/mol. The predicted octanol–water partition coefficient (Wildman–Crippen LogP) is 1.42. The number of carbonyl (C=O) groups is 1. The number of amides is 1. The van der Waals surface area contributed by atoms with Crippen LogP contribution >= 0.6 is 0 Å². The molecule has 0 heterocycles. The van der Waals surface area contributed by atoms with E-state index < -0.39 is 0 Å². The lowest BCUT2D eigenvalue weighted by Crippen LogP contribution is -2.38. The second-order valence-corrected chi connectivity index (χ2v) is 4.37. The van der Waals surface area contributed by atoms with E-state index in [0.717, 1.165) is 18.9 Å². The zero-order chi connectivity index (χ0) is 10.4. The lowest BCUT2D eigenvalue weighted by Gasteiger charge is -2.10. The van der Waals surface area contributed by atoms with Crippen LogP contribution in [0.1, 0.15) is 45.4 Å². The van der Waals surface area contributed by atoms with E-state index in [9.17, 15) is 4.79 Å². The van der Waals surface area contributed by atoms with E-state index in [0.29, 0.717) is 0 Å². The molecular formula is C11H22N2O. The Kier molecular flexibility index (Phi) is 4.94. The van der Waals surface area contributed by atoms with E-state index in [4.69, 9.17) is 5.73 Å². The summed E-state index contributed by atoms with van der Waals surface area (Å²) in [7, 11) is 0. The smallest absolute Gasteiger partial charge is 0.236 e. The van der Waals surface area contributed by atoms with Crippen LogP contribution in [0.15, 0.2) is 0 Å². The van der Waals surface area contributed by atoms with E-state index >= 15 is 0 Å². The molecule has 3 nitrogen and oxygen atoms in total. The zero-order valence-electron chi connectivity index (χ0n) is 9.09. The van der Waals surface area contributed by atoms with Crippen LogP contribution in [-0.2, 0) is 4.79 Å². The SMILES string of the molecule is C[C@H](N)C(=O)NCCCC1CCCC1. The van der Waals surface area contributed by atoms with Crippen LogP contribution in [0, 0.1) is 5.92 Å². The number of rotatable bonds is 5. The largest absolute Gasteiger partial charge is 0.355 e. The number of hydrogen-bond donors (Lipinski definition) is 2. The van der Waals surface area contributed by atoms with Crippen molar-refractivity contribution in [1.29, 1.82) is 0 Å². The van der Waals surface area contributed by atoms with E-state index in [1.165, 1.54) is 32.1 Å². The van der Waals surface area contributed by atoms with Gasteiger partial charge in [0, 0.05) is 6.54 Å². The van der Waals surface area contributed by atoms with Gasteiger partial charge in [0.25, 0.3) is 0 Å². The molecule has 0 unspecified atom stereocenters. The molecule has 0 aromatic heterocycles. The first kappa shape index (κ1) is 11.5. The van der Waals surface area contributed by atoms with Gasteiger partial charge in [-0.25, -0.2) is 0 Å². The van der Waals surface area contributed by atoms with Crippen molar-refractivity contribution in [2.75, 3.05) is 6.54 Å². The highest BCUT2D eigenvalue weighted by molar-refractivity contribution is 5.80. The molecule has 3 heteroatoms. The van der Waals surface area contributed by atoms with Gasteiger partial charge in [-0.05, 0) is 25.7 Å². The topological polar surface area (TPSA) is 55.1 Å². The maximum absolute atomic E-state index is 11.1. The molecule has 0 radical (unpaired) electrons. The molecule has 0 spiro atoms. The molecule has 1 rings (SSSR count). The molecule has 0 saturated heterocycles. The van der Waals surface area contributed by atoms with Gasteiger partial charge in [0.15, 0.2) is 0 Å². The summed E-state index contributed by atoms with van der Waals surface area (Å²) in [5, 5.41) is 2.84. The Morgan fingerprint density at radius 2 is 2.14 bits per heavy atom. The Morgan fingerprint density at radius 1 is 1.50 bits per heavy atom. The minimum atomic E-state index is -0.374. The van der Waals surface area contributed by atoms with E-state index in [1.807, 2.05) is 0 Å². The molecular weight excluding hydrogens is 176 g/mol. The molecule has 1 aliphatic rings. The van der Waals surface area contributed by atoms with Crippen LogP contribution < -0.4 is 11.1 Å². The molecule has 1 fully saturated rings. The molecule has 1 aliphatic carbocycles. The maximum atomic E-state index is 11.1. The Bertz CT molecular complexity index is 174. The van der Waals surface area contributed by atoms with Crippen molar-refractivity contribution in [2.45, 2.75) is 51.5 Å².